The van der Waals surface area contributed by atoms with Crippen molar-refractivity contribution in [1.82, 2.24) is 4.98 Å². The Morgan fingerprint density at radius 1 is 1.43 bits per heavy atom. The van der Waals surface area contributed by atoms with E-state index in [-0.39, 0.29) is 25.7 Å². The number of rotatable bonds is 3. The van der Waals surface area contributed by atoms with Gasteiger partial charge in [-0.05, 0) is 22.4 Å². The molecule has 23 heavy (non-hydrogen) atoms. The number of aromatic nitrogens is 1. The zero-order valence-electron chi connectivity index (χ0n) is 13.2. The van der Waals surface area contributed by atoms with E-state index in [0.717, 1.165) is 15.4 Å². The van der Waals surface area contributed by atoms with Gasteiger partial charge in [0.2, 0.25) is 0 Å². The van der Waals surface area contributed by atoms with Crippen molar-refractivity contribution in [2.24, 2.45) is 16.6 Å². The molecule has 2 atom stereocenters. The van der Waals surface area contributed by atoms with Crippen LogP contribution in [0.25, 0.3) is 0 Å². The summed E-state index contributed by atoms with van der Waals surface area (Å²) in [6.45, 7) is 3.85. The Morgan fingerprint density at radius 2 is 2.13 bits per heavy atom. The zero-order chi connectivity index (χ0) is 17.1. The second kappa shape index (κ2) is 7.79. The number of thioether (sulfide) groups is 1. The summed E-state index contributed by atoms with van der Waals surface area (Å²) in [6, 6.07) is 0. The second-order valence-electron chi connectivity index (χ2n) is 5.35. The number of nitrogens with zero attached hydrogens (tertiary/aromatic N) is 2. The van der Waals surface area contributed by atoms with E-state index >= 15 is 0 Å². The van der Waals surface area contributed by atoms with Crippen molar-refractivity contribution in [2.45, 2.75) is 31.4 Å². The number of nitrogens with two attached hydrogens (primary N) is 1. The van der Waals surface area contributed by atoms with Gasteiger partial charge in [-0.15, -0.1) is 11.3 Å². The maximum atomic E-state index is 9.57. The van der Waals surface area contributed by atoms with Crippen molar-refractivity contribution in [1.29, 1.82) is 0 Å². The van der Waals surface area contributed by atoms with E-state index in [9.17, 15) is 10.2 Å². The van der Waals surface area contributed by atoms with Crippen molar-refractivity contribution in [2.75, 3.05) is 25.6 Å². The summed E-state index contributed by atoms with van der Waals surface area (Å²) in [6.07, 6.45) is 0.529. The Bertz CT molecular complexity index is 565. The number of aliphatic imine (C=N–C) groups is 1. The molecule has 6 nitrogen and oxygen atoms in total. The molecule has 0 amide bonds. The van der Waals surface area contributed by atoms with Crippen LogP contribution in [-0.2, 0) is 10.3 Å². The van der Waals surface area contributed by atoms with Gasteiger partial charge >= 0.3 is 0 Å². The van der Waals surface area contributed by atoms with Crippen LogP contribution in [0.1, 0.15) is 25.3 Å². The molecule has 3 rings (SSSR count). The Balaban J connectivity index is 0.000000924. The molecule has 3 heterocycles. The minimum atomic E-state index is -0.898. The third kappa shape index (κ3) is 3.59. The molecule has 0 saturated carbocycles. The topological polar surface area (TPSA) is 101 Å². The number of hydrogen-bond donors (Lipinski definition) is 3. The van der Waals surface area contributed by atoms with Crippen molar-refractivity contribution < 1.29 is 14.9 Å². The van der Waals surface area contributed by atoms with E-state index in [1.807, 2.05) is 19.2 Å². The van der Waals surface area contributed by atoms with Gasteiger partial charge in [-0.3, -0.25) is 0 Å². The normalized spacial score (nSPS) is 29.1. The van der Waals surface area contributed by atoms with Gasteiger partial charge in [-0.25, -0.2) is 9.98 Å². The molecule has 2 unspecified atom stereocenters. The standard InChI is InChI=1S/C12H16BrN3O3S2.C2H6/c13-8-3-20-9(15-8)12-6-19-11(4-17,5-18)1-7(12)2-21-10(14)16-12;1-2/h3,7,17-18H,1-2,4-6H2,(H2,14,16);1-2H3. The van der Waals surface area contributed by atoms with Gasteiger partial charge < -0.3 is 20.7 Å². The number of aliphatic hydroxyl groups excluding tert-OH is 2. The quantitative estimate of drug-likeness (QED) is 0.686. The van der Waals surface area contributed by atoms with Gasteiger partial charge in [0.25, 0.3) is 0 Å². The summed E-state index contributed by atoms with van der Waals surface area (Å²) in [5, 5.41) is 22.4. The molecule has 4 N–H and O–H groups in total. The van der Waals surface area contributed by atoms with Gasteiger partial charge in [-0.1, -0.05) is 25.6 Å². The maximum Gasteiger partial charge on any atom is 0.154 e. The van der Waals surface area contributed by atoms with Crippen LogP contribution in [0.3, 0.4) is 0 Å². The Hall–Kier alpha value is -0.190. The SMILES string of the molecule is CC.NC1=NC2(c3nc(Br)cs3)COC(CO)(CO)CC2CS1. The lowest BCUT2D eigenvalue weighted by Gasteiger charge is -2.48. The molecule has 1 aromatic heterocycles. The van der Waals surface area contributed by atoms with Crippen LogP contribution in [0.2, 0.25) is 0 Å². The number of amidine groups is 1. The molecule has 0 aromatic carbocycles. The third-order valence-electron chi connectivity index (χ3n) is 4.06. The Labute approximate surface area is 152 Å². The smallest absolute Gasteiger partial charge is 0.154 e. The largest absolute Gasteiger partial charge is 0.393 e. The highest BCUT2D eigenvalue weighted by molar-refractivity contribution is 9.10. The average Bonchev–Trinajstić information content (AvgIpc) is 3.03. The van der Waals surface area contributed by atoms with E-state index < -0.39 is 11.1 Å². The fourth-order valence-electron chi connectivity index (χ4n) is 2.80. The molecule has 2 aliphatic rings. The molecule has 0 bridgehead atoms. The van der Waals surface area contributed by atoms with Crippen molar-refractivity contribution in [3.8, 4) is 0 Å². The van der Waals surface area contributed by atoms with Crippen LogP contribution >= 0.6 is 39.0 Å². The minimum Gasteiger partial charge on any atom is -0.393 e. The van der Waals surface area contributed by atoms with Gasteiger partial charge in [0.1, 0.15) is 20.8 Å². The predicted octanol–water partition coefficient (Wildman–Crippen LogP) is 1.95. The average molecular weight is 424 g/mol. The Morgan fingerprint density at radius 3 is 2.70 bits per heavy atom. The molecule has 0 spiro atoms. The van der Waals surface area contributed by atoms with Crippen LogP contribution in [0.5, 0.6) is 0 Å². The van der Waals surface area contributed by atoms with E-state index in [1.165, 1.54) is 23.1 Å². The molecular formula is C14H22BrN3O3S2. The molecule has 9 heteroatoms. The molecule has 0 aliphatic carbocycles. The summed E-state index contributed by atoms with van der Waals surface area (Å²) < 4.78 is 6.60. The van der Waals surface area contributed by atoms with Crippen LogP contribution < -0.4 is 5.73 Å². The van der Waals surface area contributed by atoms with Gasteiger partial charge in [0, 0.05) is 17.1 Å². The fourth-order valence-corrected chi connectivity index (χ4v) is 5.26. The summed E-state index contributed by atoms with van der Waals surface area (Å²) >= 11 is 6.38. The molecule has 130 valence electrons. The molecular weight excluding hydrogens is 402 g/mol. The number of thiazole rings is 1. The molecule has 1 fully saturated rings. The van der Waals surface area contributed by atoms with E-state index in [0.29, 0.717) is 11.6 Å². The molecule has 1 saturated heterocycles. The van der Waals surface area contributed by atoms with Crippen LogP contribution in [0.4, 0.5) is 0 Å². The number of halogens is 1. The lowest BCUT2D eigenvalue weighted by atomic mass is 9.76. The monoisotopic (exact) mass is 423 g/mol. The fraction of sp³-hybridized carbons (Fsp3) is 0.714. The summed E-state index contributed by atoms with van der Waals surface area (Å²) in [7, 11) is 0. The van der Waals surface area contributed by atoms with Crippen molar-refractivity contribution in [3.05, 3.63) is 15.0 Å². The number of hydrogen-bond acceptors (Lipinski definition) is 8. The van der Waals surface area contributed by atoms with E-state index in [1.54, 1.807) is 0 Å². The maximum absolute atomic E-state index is 9.57. The lowest BCUT2D eigenvalue weighted by molar-refractivity contribution is -0.170. The first-order valence-electron chi connectivity index (χ1n) is 7.49. The van der Waals surface area contributed by atoms with Crippen LogP contribution in [-0.4, -0.2) is 51.5 Å². The summed E-state index contributed by atoms with van der Waals surface area (Å²) in [5.41, 5.74) is 4.42. The first-order valence-corrected chi connectivity index (χ1v) is 10.1. The van der Waals surface area contributed by atoms with Gasteiger partial charge in [-0.2, -0.15) is 0 Å². The van der Waals surface area contributed by atoms with Crippen LogP contribution in [0.15, 0.2) is 15.0 Å². The molecule has 0 radical (unpaired) electrons. The number of aliphatic hydroxyl groups is 2. The highest BCUT2D eigenvalue weighted by atomic mass is 79.9. The van der Waals surface area contributed by atoms with Crippen molar-refractivity contribution >= 4 is 44.2 Å². The highest BCUT2D eigenvalue weighted by Gasteiger charge is 2.54. The second-order valence-corrected chi connectivity index (χ2v) is 8.06. The lowest BCUT2D eigenvalue weighted by Crippen LogP contribution is -2.57. The van der Waals surface area contributed by atoms with Crippen molar-refractivity contribution in [3.63, 3.8) is 0 Å². The zero-order valence-corrected chi connectivity index (χ0v) is 16.4. The first kappa shape index (κ1) is 19.1. The Kier molecular flexibility index (Phi) is 6.49. The highest BCUT2D eigenvalue weighted by Crippen LogP contribution is 2.49. The molecule has 2 aliphatic heterocycles. The van der Waals surface area contributed by atoms with Gasteiger partial charge in [0.05, 0.1) is 19.8 Å². The first-order chi connectivity index (χ1) is 11.0. The minimum absolute atomic E-state index is 0.112. The van der Waals surface area contributed by atoms with Crippen LogP contribution in [0, 0.1) is 5.92 Å². The number of fused-ring (bicyclic) bond motifs is 1. The predicted molar refractivity (Wildman–Crippen MR) is 97.9 cm³/mol. The van der Waals surface area contributed by atoms with E-state index in [2.05, 4.69) is 25.9 Å². The van der Waals surface area contributed by atoms with Gasteiger partial charge in [0.15, 0.2) is 5.17 Å². The number of ether oxygens (including phenoxy) is 1. The molecule has 1 aromatic rings. The summed E-state index contributed by atoms with van der Waals surface area (Å²) in [5.74, 6) is 0.887. The third-order valence-corrected chi connectivity index (χ3v) is 6.73. The van der Waals surface area contributed by atoms with E-state index in [4.69, 9.17) is 10.5 Å². The summed E-state index contributed by atoms with van der Waals surface area (Å²) in [4.78, 5) is 9.15.